The molecule has 0 amide bonds. The number of halogens is 1. The van der Waals surface area contributed by atoms with Gasteiger partial charge in [-0.25, -0.2) is 9.97 Å². The standard InChI is InChI=1S/C26H25BrN4O3/c1-16-6-5-7-18(12-16)15-34-22-13-17(2)31(24(32)23(22)27)19-8-10-28-21(14-19)20-9-11-29-25(30-20)26(3,4)33/h5-14,33H,15H2,1-4H3. The van der Waals surface area contributed by atoms with Crippen molar-refractivity contribution >= 4 is 15.9 Å². The zero-order valence-corrected chi connectivity index (χ0v) is 21.0. The molecule has 4 aromatic rings. The van der Waals surface area contributed by atoms with E-state index in [4.69, 9.17) is 4.74 Å². The van der Waals surface area contributed by atoms with Crippen LogP contribution in [0.15, 0.2) is 70.2 Å². The van der Waals surface area contributed by atoms with Gasteiger partial charge in [0.1, 0.15) is 22.4 Å². The van der Waals surface area contributed by atoms with E-state index in [9.17, 15) is 9.90 Å². The molecule has 1 aromatic carbocycles. The predicted molar refractivity (Wildman–Crippen MR) is 134 cm³/mol. The molecule has 0 saturated carbocycles. The molecule has 0 aliphatic rings. The molecule has 0 spiro atoms. The maximum atomic E-state index is 13.3. The highest BCUT2D eigenvalue weighted by molar-refractivity contribution is 9.10. The number of hydrogen-bond donors (Lipinski definition) is 1. The van der Waals surface area contributed by atoms with Crippen molar-refractivity contribution in [1.29, 1.82) is 0 Å². The Morgan fingerprint density at radius 2 is 1.79 bits per heavy atom. The second-order valence-corrected chi connectivity index (χ2v) is 9.40. The molecule has 0 bridgehead atoms. The lowest BCUT2D eigenvalue weighted by atomic mass is 10.1. The van der Waals surface area contributed by atoms with Gasteiger partial charge in [-0.3, -0.25) is 14.3 Å². The van der Waals surface area contributed by atoms with Gasteiger partial charge in [0.15, 0.2) is 5.82 Å². The van der Waals surface area contributed by atoms with Gasteiger partial charge in [0.05, 0.1) is 17.1 Å². The Kier molecular flexibility index (Phi) is 6.63. The average Bonchev–Trinajstić information content (AvgIpc) is 2.80. The number of nitrogens with zero attached hydrogens (tertiary/aromatic N) is 4. The van der Waals surface area contributed by atoms with Gasteiger partial charge in [-0.15, -0.1) is 0 Å². The van der Waals surface area contributed by atoms with Gasteiger partial charge in [-0.05, 0) is 67.4 Å². The fourth-order valence-electron chi connectivity index (χ4n) is 3.56. The third-order valence-electron chi connectivity index (χ3n) is 5.24. The summed E-state index contributed by atoms with van der Waals surface area (Å²) in [6.45, 7) is 7.49. The first-order chi connectivity index (χ1) is 16.1. The van der Waals surface area contributed by atoms with Crippen molar-refractivity contribution in [1.82, 2.24) is 19.5 Å². The summed E-state index contributed by atoms with van der Waals surface area (Å²) in [6, 6.07) is 15.1. The van der Waals surface area contributed by atoms with E-state index >= 15 is 0 Å². The van der Waals surface area contributed by atoms with Gasteiger partial charge in [-0.1, -0.05) is 29.8 Å². The van der Waals surface area contributed by atoms with Crippen LogP contribution in [-0.2, 0) is 12.2 Å². The Hall–Kier alpha value is -3.36. The number of benzene rings is 1. The van der Waals surface area contributed by atoms with Gasteiger partial charge in [0, 0.05) is 24.2 Å². The second kappa shape index (κ2) is 9.48. The van der Waals surface area contributed by atoms with E-state index in [0.29, 0.717) is 45.4 Å². The lowest BCUT2D eigenvalue weighted by molar-refractivity contribution is 0.0688. The van der Waals surface area contributed by atoms with Crippen LogP contribution in [0.1, 0.15) is 36.5 Å². The molecule has 4 rings (SSSR count). The van der Waals surface area contributed by atoms with Crippen molar-refractivity contribution in [3.63, 3.8) is 0 Å². The minimum absolute atomic E-state index is 0.240. The maximum absolute atomic E-state index is 13.3. The zero-order valence-electron chi connectivity index (χ0n) is 19.4. The molecule has 1 N–H and O–H groups in total. The monoisotopic (exact) mass is 520 g/mol. The van der Waals surface area contributed by atoms with E-state index in [-0.39, 0.29) is 5.56 Å². The van der Waals surface area contributed by atoms with E-state index in [0.717, 1.165) is 11.1 Å². The van der Waals surface area contributed by atoms with Crippen LogP contribution in [0.5, 0.6) is 5.75 Å². The van der Waals surface area contributed by atoms with Crippen molar-refractivity contribution in [2.24, 2.45) is 0 Å². The van der Waals surface area contributed by atoms with Gasteiger partial charge >= 0.3 is 0 Å². The highest BCUT2D eigenvalue weighted by atomic mass is 79.9. The molecular formula is C26H25BrN4O3. The van der Waals surface area contributed by atoms with Crippen LogP contribution in [0.25, 0.3) is 17.1 Å². The Labute approximate surface area is 206 Å². The van der Waals surface area contributed by atoms with Crippen molar-refractivity contribution in [2.45, 2.75) is 39.9 Å². The largest absolute Gasteiger partial charge is 0.487 e. The van der Waals surface area contributed by atoms with Crippen LogP contribution in [0.3, 0.4) is 0 Å². The third-order valence-corrected chi connectivity index (χ3v) is 5.97. The van der Waals surface area contributed by atoms with Crippen LogP contribution in [0, 0.1) is 13.8 Å². The highest BCUT2D eigenvalue weighted by Gasteiger charge is 2.20. The minimum Gasteiger partial charge on any atom is -0.487 e. The topological polar surface area (TPSA) is 90.1 Å². The summed E-state index contributed by atoms with van der Waals surface area (Å²) in [7, 11) is 0. The van der Waals surface area contributed by atoms with Crippen molar-refractivity contribution in [3.8, 4) is 22.8 Å². The fourth-order valence-corrected chi connectivity index (χ4v) is 3.97. The molecule has 0 aliphatic heterocycles. The molecule has 8 heteroatoms. The summed E-state index contributed by atoms with van der Waals surface area (Å²) < 4.78 is 7.89. The summed E-state index contributed by atoms with van der Waals surface area (Å²) in [5.41, 5.74) is 3.23. The molecule has 3 aromatic heterocycles. The first kappa shape index (κ1) is 23.8. The Morgan fingerprint density at radius 3 is 2.53 bits per heavy atom. The van der Waals surface area contributed by atoms with Gasteiger partial charge in [0.25, 0.3) is 5.56 Å². The number of hydrogen-bond acceptors (Lipinski definition) is 6. The highest BCUT2D eigenvalue weighted by Crippen LogP contribution is 2.26. The molecule has 0 unspecified atom stereocenters. The molecule has 7 nitrogen and oxygen atoms in total. The van der Waals surface area contributed by atoms with Crippen molar-refractivity contribution in [3.05, 3.63) is 98.4 Å². The van der Waals surface area contributed by atoms with Crippen molar-refractivity contribution < 1.29 is 9.84 Å². The third kappa shape index (κ3) is 5.08. The molecule has 0 aliphatic carbocycles. The number of aryl methyl sites for hydroxylation is 2. The van der Waals surface area contributed by atoms with Crippen LogP contribution in [0.4, 0.5) is 0 Å². The molecule has 0 saturated heterocycles. The van der Waals surface area contributed by atoms with E-state index in [2.05, 4.69) is 36.9 Å². The molecule has 0 fully saturated rings. The SMILES string of the molecule is Cc1cccc(COc2cc(C)n(-c3ccnc(-c4ccnc(C(C)(C)O)n4)c3)c(=O)c2Br)c1. The van der Waals surface area contributed by atoms with Gasteiger partial charge in [0.2, 0.25) is 0 Å². The van der Waals surface area contributed by atoms with E-state index in [1.165, 1.54) is 0 Å². The van der Waals surface area contributed by atoms with Crippen LogP contribution in [0.2, 0.25) is 0 Å². The first-order valence-corrected chi connectivity index (χ1v) is 11.6. The molecule has 0 radical (unpaired) electrons. The molecular weight excluding hydrogens is 496 g/mol. The summed E-state index contributed by atoms with van der Waals surface area (Å²) >= 11 is 3.42. The summed E-state index contributed by atoms with van der Waals surface area (Å²) in [5, 5.41) is 10.2. The van der Waals surface area contributed by atoms with Crippen LogP contribution in [-0.4, -0.2) is 24.6 Å². The van der Waals surface area contributed by atoms with Crippen LogP contribution < -0.4 is 10.3 Å². The molecule has 0 atom stereocenters. The Morgan fingerprint density at radius 1 is 1.03 bits per heavy atom. The van der Waals surface area contributed by atoms with E-state index in [1.807, 2.05) is 38.1 Å². The Bertz CT molecular complexity index is 1410. The maximum Gasteiger partial charge on any atom is 0.273 e. The lowest BCUT2D eigenvalue weighted by Crippen LogP contribution is -2.22. The van der Waals surface area contributed by atoms with Gasteiger partial charge < -0.3 is 9.84 Å². The van der Waals surface area contributed by atoms with E-state index in [1.54, 1.807) is 49.0 Å². The number of rotatable bonds is 6. The minimum atomic E-state index is -1.18. The number of ether oxygens (including phenoxy) is 1. The van der Waals surface area contributed by atoms with Gasteiger partial charge in [-0.2, -0.15) is 0 Å². The normalized spacial score (nSPS) is 11.5. The molecule has 174 valence electrons. The predicted octanol–water partition coefficient (Wildman–Crippen LogP) is 4.88. The average molecular weight is 521 g/mol. The molecule has 34 heavy (non-hydrogen) atoms. The molecule has 3 heterocycles. The number of aliphatic hydroxyl groups is 1. The quantitative estimate of drug-likeness (QED) is 0.389. The Balaban J connectivity index is 1.68. The van der Waals surface area contributed by atoms with E-state index < -0.39 is 5.60 Å². The fraction of sp³-hybridized carbons (Fsp3) is 0.231. The summed E-state index contributed by atoms with van der Waals surface area (Å²) in [5.74, 6) is 0.781. The van der Waals surface area contributed by atoms with Crippen LogP contribution >= 0.6 is 15.9 Å². The first-order valence-electron chi connectivity index (χ1n) is 10.8. The lowest BCUT2D eigenvalue weighted by Gasteiger charge is -2.16. The zero-order chi connectivity index (χ0) is 24.5. The summed E-state index contributed by atoms with van der Waals surface area (Å²) in [6.07, 6.45) is 3.21. The summed E-state index contributed by atoms with van der Waals surface area (Å²) in [4.78, 5) is 26.3. The van der Waals surface area contributed by atoms with Crippen molar-refractivity contribution in [2.75, 3.05) is 0 Å². The second-order valence-electron chi connectivity index (χ2n) is 8.61. The number of pyridine rings is 2. The smallest absolute Gasteiger partial charge is 0.273 e. The number of aromatic nitrogens is 4.